The van der Waals surface area contributed by atoms with E-state index in [4.69, 9.17) is 19.1 Å². The van der Waals surface area contributed by atoms with Gasteiger partial charge in [-0.1, -0.05) is 154 Å². The van der Waals surface area contributed by atoms with E-state index in [1.807, 2.05) is 6.08 Å². The molecule has 1 rings (SSSR count). The van der Waals surface area contributed by atoms with Gasteiger partial charge < -0.3 is 39.9 Å². The van der Waals surface area contributed by atoms with E-state index in [0.29, 0.717) is 32.1 Å². The maximum atomic E-state index is 12.7. The molecule has 6 N–H and O–H groups in total. The standard InChI is InChI=1S/C44H83O13P/c1-3-5-7-8-9-10-11-12-13-14-15-16-17-18-24-28-44(51)57-38(35-56-58(52,53)55-33-37(47)32-45)34-54-43(50)27-23-20-19-22-26-39-40(42(49)31-41(39)48)30-29-36(46)25-21-6-4-2/h29-30,36-42,45-49H,3-28,31-35H2,1-2H3,(H,52,53)/b30-29+/t36-,37-,38+,39+,40+,41-,42+/m0/s1. The number of phosphoric acid groups is 1. The monoisotopic (exact) mass is 851 g/mol. The van der Waals surface area contributed by atoms with Gasteiger partial charge in [0.15, 0.2) is 6.10 Å². The SMILES string of the molecule is CCCCCCCCCCCCCCCCCC(=O)O[C@H](COC(=O)CCCCCC[C@@H]1[C@@H](/C=C/[C@@H](O)CCCCC)[C@H](O)C[C@@H]1O)COP(=O)(O)OC[C@@H](O)CO. The minimum absolute atomic E-state index is 0.0977. The van der Waals surface area contributed by atoms with E-state index in [1.165, 1.54) is 70.6 Å². The first-order chi connectivity index (χ1) is 27.9. The number of aliphatic hydroxyl groups is 5. The van der Waals surface area contributed by atoms with Crippen molar-refractivity contribution in [3.8, 4) is 0 Å². The molecule has 0 bridgehead atoms. The largest absolute Gasteiger partial charge is 0.472 e. The topological polar surface area (TPSA) is 210 Å². The highest BCUT2D eigenvalue weighted by Crippen LogP contribution is 2.43. The van der Waals surface area contributed by atoms with Crippen LogP contribution in [0.25, 0.3) is 0 Å². The highest BCUT2D eigenvalue weighted by molar-refractivity contribution is 7.47. The van der Waals surface area contributed by atoms with Crippen LogP contribution >= 0.6 is 7.82 Å². The maximum Gasteiger partial charge on any atom is 0.472 e. The molecule has 13 nitrogen and oxygen atoms in total. The predicted molar refractivity (Wildman–Crippen MR) is 226 cm³/mol. The fourth-order valence-electron chi connectivity index (χ4n) is 7.44. The second kappa shape index (κ2) is 35.2. The Labute approximate surface area is 350 Å². The fraction of sp³-hybridized carbons (Fsp3) is 0.909. The van der Waals surface area contributed by atoms with Crippen LogP contribution in [0.15, 0.2) is 12.2 Å². The lowest BCUT2D eigenvalue weighted by atomic mass is 9.88. The minimum atomic E-state index is -4.67. The highest BCUT2D eigenvalue weighted by Gasteiger charge is 2.39. The Kier molecular flexibility index (Phi) is 33.2. The van der Waals surface area contributed by atoms with E-state index in [-0.39, 0.29) is 31.3 Å². The number of phosphoric ester groups is 1. The van der Waals surface area contributed by atoms with Gasteiger partial charge in [0.25, 0.3) is 0 Å². The first kappa shape index (κ1) is 54.6. The van der Waals surface area contributed by atoms with E-state index >= 15 is 0 Å². The number of hydrogen-bond acceptors (Lipinski definition) is 12. The number of rotatable bonds is 39. The van der Waals surface area contributed by atoms with E-state index in [2.05, 4.69) is 18.4 Å². The molecule has 0 saturated heterocycles. The average molecular weight is 851 g/mol. The van der Waals surface area contributed by atoms with Crippen molar-refractivity contribution in [1.82, 2.24) is 0 Å². The molecule has 0 aromatic carbocycles. The molecule has 0 heterocycles. The second-order valence-corrected chi connectivity index (χ2v) is 17.9. The van der Waals surface area contributed by atoms with Crippen LogP contribution in [-0.4, -0.2) is 99.3 Å². The van der Waals surface area contributed by atoms with Crippen molar-refractivity contribution in [3.63, 3.8) is 0 Å². The van der Waals surface area contributed by atoms with E-state index < -0.39 is 70.1 Å². The van der Waals surface area contributed by atoms with Crippen LogP contribution in [0.5, 0.6) is 0 Å². The Hall–Kier alpha value is -1.41. The van der Waals surface area contributed by atoms with Gasteiger partial charge >= 0.3 is 19.8 Å². The average Bonchev–Trinajstić information content (AvgIpc) is 3.47. The first-order valence-corrected chi connectivity index (χ1v) is 24.4. The fourth-order valence-corrected chi connectivity index (χ4v) is 8.23. The third kappa shape index (κ3) is 28.9. The highest BCUT2D eigenvalue weighted by atomic mass is 31.2. The zero-order valence-corrected chi connectivity index (χ0v) is 37.0. The van der Waals surface area contributed by atoms with Crippen molar-refractivity contribution >= 4 is 19.8 Å². The summed E-state index contributed by atoms with van der Waals surface area (Å²) in [6, 6.07) is 0. The van der Waals surface area contributed by atoms with Crippen LogP contribution < -0.4 is 0 Å². The molecule has 0 aromatic rings. The van der Waals surface area contributed by atoms with Gasteiger partial charge in [-0.15, -0.1) is 0 Å². The summed E-state index contributed by atoms with van der Waals surface area (Å²) in [5, 5.41) is 49.7. The lowest BCUT2D eigenvalue weighted by molar-refractivity contribution is -0.161. The van der Waals surface area contributed by atoms with Crippen molar-refractivity contribution in [2.75, 3.05) is 26.4 Å². The van der Waals surface area contributed by atoms with Gasteiger partial charge in [0, 0.05) is 25.2 Å². The zero-order valence-electron chi connectivity index (χ0n) is 36.1. The van der Waals surface area contributed by atoms with Gasteiger partial charge in [-0.2, -0.15) is 0 Å². The van der Waals surface area contributed by atoms with Crippen LogP contribution in [0.3, 0.4) is 0 Å². The van der Waals surface area contributed by atoms with Crippen LogP contribution in [0.2, 0.25) is 0 Å². The second-order valence-electron chi connectivity index (χ2n) is 16.4. The summed E-state index contributed by atoms with van der Waals surface area (Å²) in [5.74, 6) is -1.36. The molecule has 0 spiro atoms. The number of unbranched alkanes of at least 4 members (excludes halogenated alkanes) is 19. The number of ether oxygens (including phenoxy) is 2. The summed E-state index contributed by atoms with van der Waals surface area (Å²) in [6.45, 7) is 2.06. The summed E-state index contributed by atoms with van der Waals surface area (Å²) >= 11 is 0. The van der Waals surface area contributed by atoms with E-state index in [0.717, 1.165) is 57.8 Å². The molecule has 14 heteroatoms. The Bertz CT molecular complexity index is 1090. The molecule has 1 unspecified atom stereocenters. The molecule has 0 aliphatic heterocycles. The molecule has 1 aliphatic rings. The Morgan fingerprint density at radius 3 is 1.74 bits per heavy atom. The Morgan fingerprint density at radius 1 is 0.672 bits per heavy atom. The van der Waals surface area contributed by atoms with Gasteiger partial charge in [0.1, 0.15) is 12.7 Å². The van der Waals surface area contributed by atoms with E-state index in [9.17, 15) is 39.5 Å². The number of hydrogen-bond donors (Lipinski definition) is 6. The van der Waals surface area contributed by atoms with Gasteiger partial charge in [0.05, 0.1) is 38.1 Å². The zero-order chi connectivity index (χ0) is 42.9. The van der Waals surface area contributed by atoms with Gasteiger partial charge in [0.2, 0.25) is 0 Å². The van der Waals surface area contributed by atoms with Crippen molar-refractivity contribution in [1.29, 1.82) is 0 Å². The smallest absolute Gasteiger partial charge is 0.462 e. The van der Waals surface area contributed by atoms with Gasteiger partial charge in [-0.3, -0.25) is 18.6 Å². The molecule has 1 fully saturated rings. The molecule has 0 aromatic heterocycles. The molecule has 342 valence electrons. The normalized spacial score (nSPS) is 20.9. The van der Waals surface area contributed by atoms with E-state index in [1.54, 1.807) is 6.08 Å². The first-order valence-electron chi connectivity index (χ1n) is 22.9. The summed E-state index contributed by atoms with van der Waals surface area (Å²) in [7, 11) is -4.67. The molecule has 58 heavy (non-hydrogen) atoms. The lowest BCUT2D eigenvalue weighted by Gasteiger charge is -2.21. The van der Waals surface area contributed by atoms with Gasteiger partial charge in [-0.05, 0) is 31.6 Å². The van der Waals surface area contributed by atoms with Crippen LogP contribution in [0, 0.1) is 11.8 Å². The van der Waals surface area contributed by atoms with Crippen LogP contribution in [0.1, 0.15) is 187 Å². The Morgan fingerprint density at radius 2 is 1.17 bits per heavy atom. The molecule has 8 atom stereocenters. The van der Waals surface area contributed by atoms with Crippen molar-refractivity contribution in [2.45, 2.75) is 218 Å². The number of carbonyl (C=O) groups excluding carboxylic acids is 2. The van der Waals surface area contributed by atoms with Crippen molar-refractivity contribution < 1.29 is 63.1 Å². The van der Waals surface area contributed by atoms with Crippen LogP contribution in [0.4, 0.5) is 0 Å². The molecule has 0 amide bonds. The third-order valence-electron chi connectivity index (χ3n) is 11.0. The lowest BCUT2D eigenvalue weighted by Crippen LogP contribution is -2.29. The summed E-state index contributed by atoms with van der Waals surface area (Å²) in [6.07, 6.45) is 25.2. The quantitative estimate of drug-likeness (QED) is 0.0149. The molecular formula is C44H83O13P. The third-order valence-corrected chi connectivity index (χ3v) is 12.0. The number of esters is 2. The Balaban J connectivity index is 2.41. The van der Waals surface area contributed by atoms with Crippen molar-refractivity contribution in [2.24, 2.45) is 11.8 Å². The summed E-state index contributed by atoms with van der Waals surface area (Å²) < 4.78 is 32.8. The van der Waals surface area contributed by atoms with Gasteiger partial charge in [-0.25, -0.2) is 4.57 Å². The maximum absolute atomic E-state index is 12.7. The number of aliphatic hydroxyl groups excluding tert-OH is 5. The number of carbonyl (C=O) groups is 2. The molecule has 0 radical (unpaired) electrons. The predicted octanol–water partition coefficient (Wildman–Crippen LogP) is 8.39. The molecule has 1 saturated carbocycles. The summed E-state index contributed by atoms with van der Waals surface area (Å²) in [5.41, 5.74) is 0. The molecular weight excluding hydrogens is 767 g/mol. The summed E-state index contributed by atoms with van der Waals surface area (Å²) in [4.78, 5) is 35.2. The molecule has 1 aliphatic carbocycles. The van der Waals surface area contributed by atoms with Crippen LogP contribution in [-0.2, 0) is 32.7 Å². The van der Waals surface area contributed by atoms with Crippen molar-refractivity contribution in [3.05, 3.63) is 12.2 Å². The minimum Gasteiger partial charge on any atom is -0.462 e.